The zero-order valence-electron chi connectivity index (χ0n) is 19.1. The molecule has 1 aliphatic carbocycles. The number of esters is 1. The highest BCUT2D eigenvalue weighted by Crippen LogP contribution is 2.34. The van der Waals surface area contributed by atoms with Crippen molar-refractivity contribution in [1.29, 1.82) is 0 Å². The maximum absolute atomic E-state index is 13.2. The molecule has 0 radical (unpaired) electrons. The number of morpholine rings is 1. The number of nitrogens with one attached hydrogen (secondary N) is 1. The van der Waals surface area contributed by atoms with Gasteiger partial charge >= 0.3 is 5.97 Å². The Bertz CT molecular complexity index is 994. The van der Waals surface area contributed by atoms with Gasteiger partial charge in [-0.1, -0.05) is 49.6 Å². The van der Waals surface area contributed by atoms with Crippen molar-refractivity contribution in [2.75, 3.05) is 32.8 Å². The van der Waals surface area contributed by atoms with Gasteiger partial charge in [0.15, 0.2) is 0 Å². The summed E-state index contributed by atoms with van der Waals surface area (Å²) in [6.45, 7) is 4.03. The van der Waals surface area contributed by atoms with Crippen LogP contribution in [0.2, 0.25) is 0 Å². The van der Waals surface area contributed by atoms with E-state index in [-0.39, 0.29) is 23.5 Å². The molecule has 6 nitrogen and oxygen atoms in total. The largest absolute Gasteiger partial charge is 0.454 e. The van der Waals surface area contributed by atoms with Crippen LogP contribution in [0.4, 0.5) is 0 Å². The van der Waals surface area contributed by atoms with Gasteiger partial charge in [0.25, 0.3) is 5.91 Å². The third-order valence-corrected chi connectivity index (χ3v) is 7.46. The number of carbonyl (C=O) groups excluding carboxylic acids is 2. The topological polar surface area (TPSA) is 67.9 Å². The second-order valence-electron chi connectivity index (χ2n) is 9.45. The molecule has 2 heterocycles. The molecule has 1 saturated carbocycles. The number of rotatable bonds is 5. The molecule has 0 aromatic heterocycles. The SMILES string of the molecule is O=C(NCC1(N2CCOCC2)CCCCC1)c1ccc2c(c1)CC(c1ccccc1)OC2=O. The van der Waals surface area contributed by atoms with Gasteiger partial charge in [-0.2, -0.15) is 0 Å². The monoisotopic (exact) mass is 448 g/mol. The van der Waals surface area contributed by atoms with E-state index in [4.69, 9.17) is 9.47 Å². The fourth-order valence-corrected chi connectivity index (χ4v) is 5.59. The zero-order chi connectivity index (χ0) is 22.7. The Morgan fingerprint density at radius 1 is 1.03 bits per heavy atom. The van der Waals surface area contributed by atoms with E-state index in [1.807, 2.05) is 36.4 Å². The van der Waals surface area contributed by atoms with E-state index >= 15 is 0 Å². The second kappa shape index (κ2) is 9.65. The van der Waals surface area contributed by atoms with E-state index in [9.17, 15) is 9.59 Å². The predicted molar refractivity (Wildman–Crippen MR) is 125 cm³/mol. The summed E-state index contributed by atoms with van der Waals surface area (Å²) in [6.07, 6.45) is 6.15. The minimum atomic E-state index is -0.328. The van der Waals surface area contributed by atoms with Crippen molar-refractivity contribution in [3.63, 3.8) is 0 Å². The average molecular weight is 449 g/mol. The molecule has 2 fully saturated rings. The number of carbonyl (C=O) groups is 2. The quantitative estimate of drug-likeness (QED) is 0.703. The van der Waals surface area contributed by atoms with Gasteiger partial charge in [0.1, 0.15) is 6.10 Å². The number of hydrogen-bond donors (Lipinski definition) is 1. The van der Waals surface area contributed by atoms with Gasteiger partial charge in [-0.15, -0.1) is 0 Å². The van der Waals surface area contributed by atoms with Gasteiger partial charge in [-0.05, 0) is 42.2 Å². The van der Waals surface area contributed by atoms with Crippen LogP contribution in [-0.4, -0.2) is 55.2 Å². The number of fused-ring (bicyclic) bond motifs is 1. The van der Waals surface area contributed by atoms with Crippen molar-refractivity contribution < 1.29 is 19.1 Å². The zero-order valence-corrected chi connectivity index (χ0v) is 19.1. The third-order valence-electron chi connectivity index (χ3n) is 7.46. The van der Waals surface area contributed by atoms with Crippen molar-refractivity contribution in [1.82, 2.24) is 10.2 Å². The first-order valence-corrected chi connectivity index (χ1v) is 12.1. The van der Waals surface area contributed by atoms with Gasteiger partial charge in [-0.25, -0.2) is 4.79 Å². The molecule has 0 spiro atoms. The molecule has 33 heavy (non-hydrogen) atoms. The summed E-state index contributed by atoms with van der Waals surface area (Å²) in [7, 11) is 0. The molecule has 1 N–H and O–H groups in total. The summed E-state index contributed by atoms with van der Waals surface area (Å²) in [6, 6.07) is 15.1. The van der Waals surface area contributed by atoms with Crippen LogP contribution in [0.3, 0.4) is 0 Å². The highest BCUT2D eigenvalue weighted by atomic mass is 16.5. The Balaban J connectivity index is 1.30. The molecule has 6 heteroatoms. The van der Waals surface area contributed by atoms with Crippen LogP contribution in [0.5, 0.6) is 0 Å². The maximum atomic E-state index is 13.2. The first-order chi connectivity index (χ1) is 16.1. The van der Waals surface area contributed by atoms with Crippen molar-refractivity contribution in [2.24, 2.45) is 0 Å². The molecule has 1 atom stereocenters. The fraction of sp³-hybridized carbons (Fsp3) is 0.481. The molecular formula is C27H32N2O4. The summed E-state index contributed by atoms with van der Waals surface area (Å²) in [4.78, 5) is 28.3. The van der Waals surface area contributed by atoms with E-state index in [1.165, 1.54) is 19.3 Å². The van der Waals surface area contributed by atoms with Gasteiger partial charge in [0.05, 0.1) is 18.8 Å². The van der Waals surface area contributed by atoms with Gasteiger partial charge < -0.3 is 14.8 Å². The summed E-state index contributed by atoms with van der Waals surface area (Å²) in [5.41, 5.74) is 3.01. The van der Waals surface area contributed by atoms with Gasteiger partial charge in [0.2, 0.25) is 0 Å². The van der Waals surface area contributed by atoms with E-state index in [0.29, 0.717) is 24.1 Å². The van der Waals surface area contributed by atoms with E-state index in [2.05, 4.69) is 10.2 Å². The highest BCUT2D eigenvalue weighted by Gasteiger charge is 2.39. The molecule has 1 unspecified atom stereocenters. The number of hydrogen-bond acceptors (Lipinski definition) is 5. The fourth-order valence-electron chi connectivity index (χ4n) is 5.59. The van der Waals surface area contributed by atoms with Crippen molar-refractivity contribution in [2.45, 2.75) is 50.2 Å². The molecule has 2 aliphatic heterocycles. The van der Waals surface area contributed by atoms with Crippen molar-refractivity contribution >= 4 is 11.9 Å². The normalized spacial score (nSPS) is 22.8. The number of ether oxygens (including phenoxy) is 2. The Kier molecular flexibility index (Phi) is 6.47. The van der Waals surface area contributed by atoms with E-state index in [1.54, 1.807) is 12.1 Å². The first-order valence-electron chi connectivity index (χ1n) is 12.1. The summed E-state index contributed by atoms with van der Waals surface area (Å²) < 4.78 is 11.2. The molecule has 1 amide bonds. The maximum Gasteiger partial charge on any atom is 0.339 e. The van der Waals surface area contributed by atoms with Gasteiger partial charge in [0, 0.05) is 37.2 Å². The van der Waals surface area contributed by atoms with Crippen molar-refractivity contribution in [3.8, 4) is 0 Å². The molecule has 174 valence electrons. The number of cyclic esters (lactones) is 1. The Hall–Kier alpha value is -2.70. The number of benzene rings is 2. The van der Waals surface area contributed by atoms with Crippen LogP contribution in [0.1, 0.15) is 70.1 Å². The highest BCUT2D eigenvalue weighted by molar-refractivity contribution is 5.97. The minimum absolute atomic E-state index is 0.0219. The second-order valence-corrected chi connectivity index (χ2v) is 9.45. The Labute approximate surface area is 195 Å². The lowest BCUT2D eigenvalue weighted by atomic mass is 9.79. The Morgan fingerprint density at radius 3 is 2.55 bits per heavy atom. The molecule has 0 bridgehead atoms. The first kappa shape index (κ1) is 22.1. The van der Waals surface area contributed by atoms with Crippen molar-refractivity contribution in [3.05, 3.63) is 70.8 Å². The minimum Gasteiger partial charge on any atom is -0.454 e. The van der Waals surface area contributed by atoms with E-state index in [0.717, 1.165) is 50.3 Å². The Morgan fingerprint density at radius 2 is 1.79 bits per heavy atom. The smallest absolute Gasteiger partial charge is 0.339 e. The van der Waals surface area contributed by atoms with E-state index < -0.39 is 0 Å². The summed E-state index contributed by atoms with van der Waals surface area (Å²) in [5.74, 6) is -0.406. The average Bonchev–Trinajstić information content (AvgIpc) is 2.88. The summed E-state index contributed by atoms with van der Waals surface area (Å²) in [5, 5.41) is 3.23. The lowest BCUT2D eigenvalue weighted by molar-refractivity contribution is -0.0361. The standard InChI is InChI=1S/C27H32N2O4/c30-25(28-19-27(11-5-2-6-12-27)29-13-15-32-16-14-29)21-9-10-23-22(17-21)18-24(33-26(23)31)20-7-3-1-4-8-20/h1,3-4,7-10,17,24H,2,5-6,11-16,18-19H2,(H,28,30). The summed E-state index contributed by atoms with van der Waals surface area (Å²) >= 11 is 0. The molecular weight excluding hydrogens is 416 g/mol. The molecule has 5 rings (SSSR count). The predicted octanol–water partition coefficient (Wildman–Crippen LogP) is 3.91. The molecule has 2 aromatic carbocycles. The lowest BCUT2D eigenvalue weighted by Gasteiger charge is -2.48. The van der Waals surface area contributed by atoms with Crippen LogP contribution < -0.4 is 5.32 Å². The van der Waals surface area contributed by atoms with Crippen LogP contribution in [0.25, 0.3) is 0 Å². The molecule has 1 saturated heterocycles. The molecule has 3 aliphatic rings. The lowest BCUT2D eigenvalue weighted by Crippen LogP contribution is -2.59. The number of amides is 1. The number of nitrogens with zero attached hydrogens (tertiary/aromatic N) is 1. The van der Waals surface area contributed by atoms with Crippen LogP contribution in [0, 0.1) is 0 Å². The van der Waals surface area contributed by atoms with Crippen LogP contribution in [-0.2, 0) is 15.9 Å². The molecule has 2 aromatic rings. The van der Waals surface area contributed by atoms with Crippen LogP contribution >= 0.6 is 0 Å². The van der Waals surface area contributed by atoms with Crippen LogP contribution in [0.15, 0.2) is 48.5 Å². The third kappa shape index (κ3) is 4.68. The van der Waals surface area contributed by atoms with Gasteiger partial charge in [-0.3, -0.25) is 9.69 Å².